The average Bonchev–Trinajstić information content (AvgIpc) is 2.66. The number of nitrogens with zero attached hydrogens (tertiary/aromatic N) is 3. The van der Waals surface area contributed by atoms with Crippen LogP contribution in [0.3, 0.4) is 0 Å². The number of hydrogen-bond donors (Lipinski definition) is 1. The van der Waals surface area contributed by atoms with Crippen LogP contribution in [0.1, 0.15) is 16.2 Å². The first-order valence-electron chi connectivity index (χ1n) is 5.08. The zero-order chi connectivity index (χ0) is 12.6. The van der Waals surface area contributed by atoms with E-state index in [9.17, 15) is 9.70 Å². The lowest BCUT2D eigenvalue weighted by atomic mass is 10.1. The number of aromatic amines is 1. The largest absolute Gasteiger partial charge is 0.345 e. The van der Waals surface area contributed by atoms with Gasteiger partial charge in [0.05, 0.1) is 5.52 Å². The van der Waals surface area contributed by atoms with Crippen LogP contribution in [0.2, 0.25) is 0 Å². The van der Waals surface area contributed by atoms with E-state index in [4.69, 9.17) is 0 Å². The second kappa shape index (κ2) is 3.97. The van der Waals surface area contributed by atoms with Crippen molar-refractivity contribution in [1.82, 2.24) is 14.9 Å². The smallest absolute Gasteiger partial charge is 0.253 e. The van der Waals surface area contributed by atoms with Gasteiger partial charge in [-0.15, -0.1) is 4.91 Å². The number of H-pyrrole nitrogens is 1. The van der Waals surface area contributed by atoms with Gasteiger partial charge in [-0.3, -0.25) is 4.79 Å². The van der Waals surface area contributed by atoms with E-state index in [1.165, 1.54) is 11.0 Å². The normalized spacial score (nSPS) is 10.5. The summed E-state index contributed by atoms with van der Waals surface area (Å²) < 4.78 is 0. The van der Waals surface area contributed by atoms with Crippen LogP contribution in [0.4, 0.5) is 5.69 Å². The van der Waals surface area contributed by atoms with E-state index < -0.39 is 0 Å². The predicted octanol–water partition coefficient (Wildman–Crippen LogP) is 1.97. The summed E-state index contributed by atoms with van der Waals surface area (Å²) in [5.74, 6) is 0.503. The molecule has 6 heteroatoms. The molecule has 0 aliphatic carbocycles. The van der Waals surface area contributed by atoms with Crippen molar-refractivity contribution in [2.24, 2.45) is 5.18 Å². The van der Waals surface area contributed by atoms with E-state index in [1.807, 2.05) is 0 Å². The van der Waals surface area contributed by atoms with Crippen LogP contribution >= 0.6 is 0 Å². The van der Waals surface area contributed by atoms with Crippen molar-refractivity contribution in [1.29, 1.82) is 0 Å². The van der Waals surface area contributed by atoms with Crippen molar-refractivity contribution < 1.29 is 4.79 Å². The molecule has 0 spiro atoms. The predicted molar refractivity (Wildman–Crippen MR) is 64.3 cm³/mol. The molecule has 1 aromatic carbocycles. The molecule has 88 valence electrons. The Hall–Kier alpha value is -2.24. The fraction of sp³-hybridized carbons (Fsp3) is 0.273. The van der Waals surface area contributed by atoms with Gasteiger partial charge in [0.25, 0.3) is 5.91 Å². The van der Waals surface area contributed by atoms with Gasteiger partial charge in [0.2, 0.25) is 0 Å². The Labute approximate surface area is 97.6 Å². The molecule has 0 atom stereocenters. The van der Waals surface area contributed by atoms with Crippen LogP contribution in [0.5, 0.6) is 0 Å². The summed E-state index contributed by atoms with van der Waals surface area (Å²) in [6.07, 6.45) is 0. The van der Waals surface area contributed by atoms with Crippen molar-refractivity contribution in [3.8, 4) is 0 Å². The van der Waals surface area contributed by atoms with Crippen LogP contribution in [0.25, 0.3) is 11.0 Å². The lowest BCUT2D eigenvalue weighted by Crippen LogP contribution is -2.21. The topological polar surface area (TPSA) is 78.4 Å². The van der Waals surface area contributed by atoms with E-state index >= 15 is 0 Å². The molecule has 0 aliphatic rings. The van der Waals surface area contributed by atoms with Crippen LogP contribution in [0, 0.1) is 11.8 Å². The number of hydrogen-bond acceptors (Lipinski definition) is 4. The van der Waals surface area contributed by atoms with Crippen LogP contribution < -0.4 is 0 Å². The minimum atomic E-state index is -0.177. The van der Waals surface area contributed by atoms with Crippen molar-refractivity contribution in [3.63, 3.8) is 0 Å². The van der Waals surface area contributed by atoms with Gasteiger partial charge in [-0.2, -0.15) is 0 Å². The van der Waals surface area contributed by atoms with Gasteiger partial charge in [-0.05, 0) is 24.2 Å². The van der Waals surface area contributed by atoms with Gasteiger partial charge in [-0.25, -0.2) is 4.98 Å². The highest BCUT2D eigenvalue weighted by molar-refractivity contribution is 6.00. The average molecular weight is 232 g/mol. The maximum absolute atomic E-state index is 11.8. The van der Waals surface area contributed by atoms with Gasteiger partial charge in [0.15, 0.2) is 0 Å². The summed E-state index contributed by atoms with van der Waals surface area (Å²) >= 11 is 0. The number of rotatable bonds is 2. The molecule has 0 saturated heterocycles. The molecule has 0 unspecified atom stereocenters. The molecule has 1 aromatic heterocycles. The molecule has 2 rings (SSSR count). The Morgan fingerprint density at radius 2 is 2.12 bits per heavy atom. The molecular formula is C11H12N4O2. The second-order valence-corrected chi connectivity index (χ2v) is 4.00. The van der Waals surface area contributed by atoms with Gasteiger partial charge in [-0.1, -0.05) is 0 Å². The molecule has 1 heterocycles. The molecule has 0 aliphatic heterocycles. The first-order chi connectivity index (χ1) is 8.02. The Morgan fingerprint density at radius 3 is 2.71 bits per heavy atom. The number of carbonyl (C=O) groups excluding carboxylic acids is 1. The lowest BCUT2D eigenvalue weighted by Gasteiger charge is -2.10. The SMILES string of the molecule is Cc1nc2c(N=O)cc(C(=O)N(C)C)cc2[nH]1. The van der Waals surface area contributed by atoms with E-state index in [0.29, 0.717) is 22.4 Å². The second-order valence-electron chi connectivity index (χ2n) is 4.00. The highest BCUT2D eigenvalue weighted by atomic mass is 16.3. The quantitative estimate of drug-likeness (QED) is 0.804. The summed E-state index contributed by atoms with van der Waals surface area (Å²) in [5, 5.41) is 2.91. The van der Waals surface area contributed by atoms with Crippen molar-refractivity contribution in [3.05, 3.63) is 28.4 Å². The fourth-order valence-corrected chi connectivity index (χ4v) is 1.67. The minimum absolute atomic E-state index is 0.177. The Bertz CT molecular complexity index is 601. The zero-order valence-corrected chi connectivity index (χ0v) is 9.81. The maximum Gasteiger partial charge on any atom is 0.253 e. The third-order valence-corrected chi connectivity index (χ3v) is 2.44. The van der Waals surface area contributed by atoms with Crippen LogP contribution in [-0.2, 0) is 0 Å². The number of nitrogens with one attached hydrogen (secondary N) is 1. The van der Waals surface area contributed by atoms with Crippen LogP contribution in [0.15, 0.2) is 17.3 Å². The van der Waals surface area contributed by atoms with Gasteiger partial charge < -0.3 is 9.88 Å². The van der Waals surface area contributed by atoms with E-state index in [0.717, 1.165) is 0 Å². The molecule has 0 radical (unpaired) electrons. The van der Waals surface area contributed by atoms with Gasteiger partial charge >= 0.3 is 0 Å². The summed E-state index contributed by atoms with van der Waals surface area (Å²) in [6, 6.07) is 3.13. The van der Waals surface area contributed by atoms with Crippen molar-refractivity contribution in [2.45, 2.75) is 6.92 Å². The third kappa shape index (κ3) is 1.89. The number of amides is 1. The fourth-order valence-electron chi connectivity index (χ4n) is 1.67. The van der Waals surface area contributed by atoms with Crippen molar-refractivity contribution in [2.75, 3.05) is 14.1 Å². The molecule has 1 N–H and O–H groups in total. The zero-order valence-electron chi connectivity index (χ0n) is 9.81. The summed E-state index contributed by atoms with van der Waals surface area (Å²) in [4.78, 5) is 31.1. The number of carbonyl (C=O) groups is 1. The minimum Gasteiger partial charge on any atom is -0.345 e. The first kappa shape index (κ1) is 11.3. The number of aromatic nitrogens is 2. The van der Waals surface area contributed by atoms with E-state index in [1.54, 1.807) is 27.1 Å². The molecule has 2 aromatic rings. The number of fused-ring (bicyclic) bond motifs is 1. The number of imidazole rings is 1. The molecule has 6 nitrogen and oxygen atoms in total. The highest BCUT2D eigenvalue weighted by Crippen LogP contribution is 2.26. The van der Waals surface area contributed by atoms with Crippen LogP contribution in [-0.4, -0.2) is 34.9 Å². The number of aryl methyl sites for hydroxylation is 1. The molecule has 1 amide bonds. The van der Waals surface area contributed by atoms with Gasteiger partial charge in [0, 0.05) is 19.7 Å². The lowest BCUT2D eigenvalue weighted by molar-refractivity contribution is 0.0828. The molecular weight excluding hydrogens is 220 g/mol. The Balaban J connectivity index is 2.67. The van der Waals surface area contributed by atoms with E-state index in [2.05, 4.69) is 15.1 Å². The molecule has 17 heavy (non-hydrogen) atoms. The summed E-state index contributed by atoms with van der Waals surface area (Å²) in [5.41, 5.74) is 1.73. The number of nitroso groups, excluding NO2 is 1. The summed E-state index contributed by atoms with van der Waals surface area (Å²) in [7, 11) is 3.30. The highest BCUT2D eigenvalue weighted by Gasteiger charge is 2.14. The number of benzene rings is 1. The summed E-state index contributed by atoms with van der Waals surface area (Å²) in [6.45, 7) is 1.78. The van der Waals surface area contributed by atoms with Gasteiger partial charge in [0.1, 0.15) is 17.0 Å². The third-order valence-electron chi connectivity index (χ3n) is 2.44. The Morgan fingerprint density at radius 1 is 1.41 bits per heavy atom. The Kier molecular flexibility index (Phi) is 2.63. The molecule has 0 saturated carbocycles. The standard InChI is InChI=1S/C11H12N4O2/c1-6-12-8-4-7(11(16)15(2)3)5-9(14-17)10(8)13-6/h4-5H,1-3H3,(H,12,13). The van der Waals surface area contributed by atoms with Crippen molar-refractivity contribution >= 4 is 22.6 Å². The first-order valence-corrected chi connectivity index (χ1v) is 5.08. The molecule has 0 fully saturated rings. The maximum atomic E-state index is 11.8. The monoisotopic (exact) mass is 232 g/mol. The van der Waals surface area contributed by atoms with E-state index in [-0.39, 0.29) is 11.6 Å². The molecule has 0 bridgehead atoms.